The highest BCUT2D eigenvalue weighted by Crippen LogP contribution is 2.20. The minimum atomic E-state index is 0.0138. The summed E-state index contributed by atoms with van der Waals surface area (Å²) in [4.78, 5) is 6.84. The molecule has 146 valence electrons. The van der Waals surface area contributed by atoms with Gasteiger partial charge in [-0.1, -0.05) is 12.1 Å². The lowest BCUT2D eigenvalue weighted by Crippen LogP contribution is -2.59. The van der Waals surface area contributed by atoms with Crippen LogP contribution in [-0.4, -0.2) is 62.4 Å². The van der Waals surface area contributed by atoms with E-state index in [1.54, 1.807) is 14.2 Å². The number of morpholine rings is 1. The highest BCUT2D eigenvalue weighted by atomic mass is 16.5. The van der Waals surface area contributed by atoms with Crippen LogP contribution >= 0.6 is 0 Å². The van der Waals surface area contributed by atoms with E-state index in [-0.39, 0.29) is 17.7 Å². The van der Waals surface area contributed by atoms with Gasteiger partial charge in [0.05, 0.1) is 19.3 Å². The lowest BCUT2D eigenvalue weighted by Gasteiger charge is -2.45. The topological polar surface area (TPSA) is 58.1 Å². The Balaban J connectivity index is 1.87. The highest BCUT2D eigenvalue weighted by molar-refractivity contribution is 5.79. The van der Waals surface area contributed by atoms with E-state index in [4.69, 9.17) is 9.47 Å². The molecular weight excluding hydrogens is 328 g/mol. The molecule has 6 heteroatoms. The van der Waals surface area contributed by atoms with Crippen molar-refractivity contribution in [2.75, 3.05) is 33.8 Å². The number of methoxy groups -OCH3 is 1. The number of ether oxygens (including phenoxy) is 2. The maximum Gasteiger partial charge on any atom is 0.191 e. The average molecular weight is 363 g/mol. The van der Waals surface area contributed by atoms with Gasteiger partial charge < -0.3 is 20.1 Å². The first-order valence-electron chi connectivity index (χ1n) is 9.32. The number of nitrogens with zero attached hydrogens (tertiary/aromatic N) is 2. The Morgan fingerprint density at radius 2 is 1.96 bits per heavy atom. The molecule has 2 rings (SSSR count). The third kappa shape index (κ3) is 5.88. The number of guanidine groups is 1. The van der Waals surface area contributed by atoms with Gasteiger partial charge in [0.25, 0.3) is 0 Å². The van der Waals surface area contributed by atoms with Crippen molar-refractivity contribution >= 4 is 5.96 Å². The second-order valence-corrected chi connectivity index (χ2v) is 7.61. The van der Waals surface area contributed by atoms with Gasteiger partial charge in [-0.15, -0.1) is 0 Å². The van der Waals surface area contributed by atoms with Crippen LogP contribution in [0.5, 0.6) is 5.75 Å². The smallest absolute Gasteiger partial charge is 0.191 e. The summed E-state index contributed by atoms with van der Waals surface area (Å²) in [6, 6.07) is 8.04. The highest BCUT2D eigenvalue weighted by Gasteiger charge is 2.33. The van der Waals surface area contributed by atoms with Crippen LogP contribution < -0.4 is 15.4 Å². The molecule has 6 nitrogen and oxygen atoms in total. The van der Waals surface area contributed by atoms with E-state index in [2.05, 4.69) is 54.3 Å². The fourth-order valence-electron chi connectivity index (χ4n) is 3.27. The van der Waals surface area contributed by atoms with Gasteiger partial charge in [0.2, 0.25) is 0 Å². The Bertz CT molecular complexity index is 593. The second kappa shape index (κ2) is 9.24. The van der Waals surface area contributed by atoms with Crippen LogP contribution in [0.25, 0.3) is 0 Å². The Morgan fingerprint density at radius 3 is 2.58 bits per heavy atom. The van der Waals surface area contributed by atoms with Crippen LogP contribution in [0, 0.1) is 0 Å². The van der Waals surface area contributed by atoms with Crippen molar-refractivity contribution in [2.45, 2.75) is 52.0 Å². The van der Waals surface area contributed by atoms with Gasteiger partial charge in [-0.05, 0) is 45.4 Å². The number of benzene rings is 1. The van der Waals surface area contributed by atoms with E-state index in [1.165, 1.54) is 0 Å². The first kappa shape index (κ1) is 20.5. The molecular formula is C20H34N4O2. The number of hydrogen-bond acceptors (Lipinski definition) is 4. The third-order valence-corrected chi connectivity index (χ3v) is 4.78. The summed E-state index contributed by atoms with van der Waals surface area (Å²) < 4.78 is 11.1. The summed E-state index contributed by atoms with van der Waals surface area (Å²) in [7, 11) is 3.48. The molecule has 1 aromatic rings. The van der Waals surface area contributed by atoms with Crippen LogP contribution in [0.3, 0.4) is 0 Å². The molecule has 0 aliphatic carbocycles. The van der Waals surface area contributed by atoms with Crippen LogP contribution in [-0.2, 0) is 11.3 Å². The van der Waals surface area contributed by atoms with Gasteiger partial charge in [-0.2, -0.15) is 0 Å². The van der Waals surface area contributed by atoms with Crippen LogP contribution in [0.1, 0.15) is 33.3 Å². The monoisotopic (exact) mass is 362 g/mol. The van der Waals surface area contributed by atoms with E-state index < -0.39 is 0 Å². The average Bonchev–Trinajstić information content (AvgIpc) is 2.61. The maximum absolute atomic E-state index is 5.86. The Labute approximate surface area is 158 Å². The molecule has 2 unspecified atom stereocenters. The largest absolute Gasteiger partial charge is 0.497 e. The molecule has 1 aliphatic rings. The standard InChI is InChI=1S/C20H34N4O2/c1-15-12-24(13-16(2)26-15)20(3,4)14-23-19(21-5)22-11-17-8-7-9-18(10-17)25-6/h7-10,15-16H,11-14H2,1-6H3,(H2,21,22,23). The van der Waals surface area contributed by atoms with Gasteiger partial charge in [0, 0.05) is 38.8 Å². The van der Waals surface area contributed by atoms with Gasteiger partial charge in [-0.25, -0.2) is 0 Å². The SMILES string of the molecule is CN=C(NCc1cccc(OC)c1)NCC(C)(C)N1CC(C)OC(C)C1. The molecule has 1 heterocycles. The zero-order chi connectivity index (χ0) is 19.2. The van der Waals surface area contributed by atoms with E-state index in [1.807, 2.05) is 18.2 Å². The molecule has 26 heavy (non-hydrogen) atoms. The van der Waals surface area contributed by atoms with Gasteiger partial charge in [-0.3, -0.25) is 9.89 Å². The summed E-state index contributed by atoms with van der Waals surface area (Å²) in [5, 5.41) is 6.83. The molecule has 1 aliphatic heterocycles. The molecule has 2 N–H and O–H groups in total. The Morgan fingerprint density at radius 1 is 1.27 bits per heavy atom. The molecule has 0 amide bonds. The van der Waals surface area contributed by atoms with Crippen molar-refractivity contribution in [2.24, 2.45) is 4.99 Å². The lowest BCUT2D eigenvalue weighted by molar-refractivity contribution is -0.0946. The van der Waals surface area contributed by atoms with Gasteiger partial charge >= 0.3 is 0 Å². The third-order valence-electron chi connectivity index (χ3n) is 4.78. The normalized spacial score (nSPS) is 22.2. The fraction of sp³-hybridized carbons (Fsp3) is 0.650. The Hall–Kier alpha value is -1.79. The molecule has 1 saturated heterocycles. The van der Waals surface area contributed by atoms with E-state index in [9.17, 15) is 0 Å². The summed E-state index contributed by atoms with van der Waals surface area (Å²) in [5.41, 5.74) is 1.17. The van der Waals surface area contributed by atoms with Crippen molar-refractivity contribution < 1.29 is 9.47 Å². The van der Waals surface area contributed by atoms with Crippen LogP contribution in [0.2, 0.25) is 0 Å². The first-order valence-corrected chi connectivity index (χ1v) is 9.32. The predicted molar refractivity (Wildman–Crippen MR) is 107 cm³/mol. The van der Waals surface area contributed by atoms with Gasteiger partial charge in [0.15, 0.2) is 5.96 Å². The summed E-state index contributed by atoms with van der Waals surface area (Å²) in [6.07, 6.45) is 0.534. The van der Waals surface area contributed by atoms with Crippen molar-refractivity contribution in [3.05, 3.63) is 29.8 Å². The minimum absolute atomic E-state index is 0.0138. The first-order chi connectivity index (χ1) is 12.3. The summed E-state index contributed by atoms with van der Waals surface area (Å²) >= 11 is 0. The zero-order valence-electron chi connectivity index (χ0n) is 17.0. The second-order valence-electron chi connectivity index (χ2n) is 7.61. The molecule has 0 saturated carbocycles. The van der Waals surface area contributed by atoms with E-state index in [0.29, 0.717) is 6.54 Å². The maximum atomic E-state index is 5.86. The molecule has 1 fully saturated rings. The number of aliphatic imine (C=N–C) groups is 1. The lowest BCUT2D eigenvalue weighted by atomic mass is 10.00. The molecule has 0 bridgehead atoms. The molecule has 2 atom stereocenters. The molecule has 0 radical (unpaired) electrons. The zero-order valence-corrected chi connectivity index (χ0v) is 17.0. The van der Waals surface area contributed by atoms with Crippen molar-refractivity contribution in [1.29, 1.82) is 0 Å². The summed E-state index contributed by atoms with van der Waals surface area (Å²) in [5.74, 6) is 1.67. The molecule has 0 spiro atoms. The number of hydrogen-bond donors (Lipinski definition) is 2. The minimum Gasteiger partial charge on any atom is -0.497 e. The van der Waals surface area contributed by atoms with E-state index >= 15 is 0 Å². The predicted octanol–water partition coefficient (Wildman–Crippen LogP) is 2.25. The molecule has 0 aromatic heterocycles. The Kier molecular flexibility index (Phi) is 7.29. The van der Waals surface area contributed by atoms with Crippen molar-refractivity contribution in [3.8, 4) is 5.75 Å². The van der Waals surface area contributed by atoms with Crippen LogP contribution in [0.15, 0.2) is 29.3 Å². The quantitative estimate of drug-likeness (QED) is 0.600. The van der Waals surface area contributed by atoms with E-state index in [0.717, 1.165) is 36.9 Å². The molecule has 1 aromatic carbocycles. The van der Waals surface area contributed by atoms with Crippen LogP contribution in [0.4, 0.5) is 0 Å². The van der Waals surface area contributed by atoms with Gasteiger partial charge in [0.1, 0.15) is 5.75 Å². The van der Waals surface area contributed by atoms with Crippen molar-refractivity contribution in [3.63, 3.8) is 0 Å². The number of rotatable bonds is 6. The fourth-order valence-corrected chi connectivity index (χ4v) is 3.27. The van der Waals surface area contributed by atoms with Crippen molar-refractivity contribution in [1.82, 2.24) is 15.5 Å². The number of nitrogens with one attached hydrogen (secondary N) is 2. The summed E-state index contributed by atoms with van der Waals surface area (Å²) in [6.45, 7) is 12.2.